The topological polar surface area (TPSA) is 75.2 Å². The van der Waals surface area contributed by atoms with Crippen molar-refractivity contribution < 1.29 is 9.59 Å². The SMILES string of the molecule is CC(C)C1NC(=O)C(C)N(Cc2ccncn2)C1=O. The monoisotopic (exact) mass is 262 g/mol. The van der Waals surface area contributed by atoms with Crippen LogP contribution in [-0.2, 0) is 16.1 Å². The van der Waals surface area contributed by atoms with Crippen molar-refractivity contribution in [3.8, 4) is 0 Å². The van der Waals surface area contributed by atoms with Crippen LogP contribution in [0.4, 0.5) is 0 Å². The summed E-state index contributed by atoms with van der Waals surface area (Å²) in [5.41, 5.74) is 0.729. The van der Waals surface area contributed by atoms with Gasteiger partial charge in [0.15, 0.2) is 0 Å². The van der Waals surface area contributed by atoms with Crippen LogP contribution < -0.4 is 5.32 Å². The molecule has 1 aromatic rings. The number of piperazine rings is 1. The summed E-state index contributed by atoms with van der Waals surface area (Å²) in [5, 5.41) is 2.77. The Bertz CT molecular complexity index is 475. The summed E-state index contributed by atoms with van der Waals surface area (Å²) >= 11 is 0. The first-order chi connectivity index (χ1) is 9.00. The quantitative estimate of drug-likeness (QED) is 0.852. The highest BCUT2D eigenvalue weighted by atomic mass is 16.2. The van der Waals surface area contributed by atoms with Gasteiger partial charge in [-0.3, -0.25) is 9.59 Å². The maximum atomic E-state index is 12.4. The number of aromatic nitrogens is 2. The van der Waals surface area contributed by atoms with Crippen molar-refractivity contribution in [2.45, 2.75) is 39.4 Å². The van der Waals surface area contributed by atoms with Crippen LogP contribution >= 0.6 is 0 Å². The summed E-state index contributed by atoms with van der Waals surface area (Å²) in [5.74, 6) is -0.107. The third-order valence-corrected chi connectivity index (χ3v) is 3.34. The Kier molecular flexibility index (Phi) is 3.78. The largest absolute Gasteiger partial charge is 0.342 e. The highest BCUT2D eigenvalue weighted by Crippen LogP contribution is 2.17. The Balaban J connectivity index is 2.21. The minimum Gasteiger partial charge on any atom is -0.342 e. The summed E-state index contributed by atoms with van der Waals surface area (Å²) in [7, 11) is 0. The summed E-state index contributed by atoms with van der Waals surface area (Å²) < 4.78 is 0. The normalized spacial score (nSPS) is 23.7. The standard InChI is InChI=1S/C13H18N4O2/c1-8(2)11-13(19)17(9(3)12(18)16-11)6-10-4-5-14-7-15-10/h4-5,7-9,11H,6H2,1-3H3,(H,16,18). The lowest BCUT2D eigenvalue weighted by Crippen LogP contribution is -2.63. The number of carbonyl (C=O) groups is 2. The second-order valence-electron chi connectivity index (χ2n) is 5.07. The van der Waals surface area contributed by atoms with E-state index in [1.165, 1.54) is 6.33 Å². The summed E-state index contributed by atoms with van der Waals surface area (Å²) in [6.07, 6.45) is 3.07. The lowest BCUT2D eigenvalue weighted by Gasteiger charge is -2.38. The fraction of sp³-hybridized carbons (Fsp3) is 0.538. The first kappa shape index (κ1) is 13.5. The predicted octanol–water partition coefficient (Wildman–Crippen LogP) is 0.348. The van der Waals surface area contributed by atoms with Gasteiger partial charge in [0.1, 0.15) is 18.4 Å². The zero-order chi connectivity index (χ0) is 14.0. The molecule has 0 aromatic carbocycles. The molecule has 102 valence electrons. The first-order valence-corrected chi connectivity index (χ1v) is 6.36. The van der Waals surface area contributed by atoms with Crippen LogP contribution in [0.15, 0.2) is 18.6 Å². The van der Waals surface area contributed by atoms with Crippen LogP contribution in [0.25, 0.3) is 0 Å². The number of hydrogen-bond donors (Lipinski definition) is 1. The van der Waals surface area contributed by atoms with E-state index in [2.05, 4.69) is 15.3 Å². The molecule has 2 unspecified atom stereocenters. The number of rotatable bonds is 3. The van der Waals surface area contributed by atoms with E-state index in [-0.39, 0.29) is 17.7 Å². The van der Waals surface area contributed by atoms with E-state index < -0.39 is 12.1 Å². The zero-order valence-electron chi connectivity index (χ0n) is 11.3. The van der Waals surface area contributed by atoms with Crippen LogP contribution in [0, 0.1) is 5.92 Å². The number of amides is 2. The fourth-order valence-electron chi connectivity index (χ4n) is 2.10. The van der Waals surface area contributed by atoms with Crippen molar-refractivity contribution >= 4 is 11.8 Å². The van der Waals surface area contributed by atoms with Gasteiger partial charge in [0.25, 0.3) is 0 Å². The molecule has 1 aromatic heterocycles. The molecule has 6 nitrogen and oxygen atoms in total. The summed E-state index contributed by atoms with van der Waals surface area (Å²) in [6, 6.07) is 0.819. The van der Waals surface area contributed by atoms with E-state index in [4.69, 9.17) is 0 Å². The molecule has 2 atom stereocenters. The Morgan fingerprint density at radius 3 is 2.74 bits per heavy atom. The molecule has 19 heavy (non-hydrogen) atoms. The average Bonchev–Trinajstić information content (AvgIpc) is 2.40. The molecule has 0 radical (unpaired) electrons. The third-order valence-electron chi connectivity index (χ3n) is 3.34. The van der Waals surface area contributed by atoms with Gasteiger partial charge in [-0.25, -0.2) is 9.97 Å². The molecule has 1 aliphatic heterocycles. The van der Waals surface area contributed by atoms with Crippen LogP contribution in [0.5, 0.6) is 0 Å². The van der Waals surface area contributed by atoms with E-state index in [0.717, 1.165) is 5.69 Å². The van der Waals surface area contributed by atoms with E-state index >= 15 is 0 Å². The Labute approximate surface area is 112 Å². The predicted molar refractivity (Wildman–Crippen MR) is 68.8 cm³/mol. The average molecular weight is 262 g/mol. The first-order valence-electron chi connectivity index (χ1n) is 6.36. The fourth-order valence-corrected chi connectivity index (χ4v) is 2.10. The molecule has 2 heterocycles. The van der Waals surface area contributed by atoms with Crippen molar-refractivity contribution in [3.05, 3.63) is 24.3 Å². The van der Waals surface area contributed by atoms with Gasteiger partial charge in [-0.05, 0) is 18.9 Å². The molecule has 0 aliphatic carbocycles. The van der Waals surface area contributed by atoms with E-state index in [9.17, 15) is 9.59 Å². The maximum absolute atomic E-state index is 12.4. The van der Waals surface area contributed by atoms with Crippen LogP contribution in [0.2, 0.25) is 0 Å². The highest BCUT2D eigenvalue weighted by Gasteiger charge is 2.39. The molecular formula is C13H18N4O2. The van der Waals surface area contributed by atoms with Crippen molar-refractivity contribution in [2.24, 2.45) is 5.92 Å². The molecular weight excluding hydrogens is 244 g/mol. The van der Waals surface area contributed by atoms with Gasteiger partial charge in [-0.15, -0.1) is 0 Å². The summed E-state index contributed by atoms with van der Waals surface area (Å²) in [4.78, 5) is 33.8. The third kappa shape index (κ3) is 2.72. The van der Waals surface area contributed by atoms with Gasteiger partial charge in [-0.1, -0.05) is 13.8 Å². The Morgan fingerprint density at radius 2 is 2.16 bits per heavy atom. The van der Waals surface area contributed by atoms with Gasteiger partial charge >= 0.3 is 0 Å². The van der Waals surface area contributed by atoms with E-state index in [1.54, 1.807) is 24.1 Å². The molecule has 1 saturated heterocycles. The summed E-state index contributed by atoms with van der Waals surface area (Å²) in [6.45, 7) is 5.90. The molecule has 2 rings (SSSR count). The van der Waals surface area contributed by atoms with Crippen LogP contribution in [0.1, 0.15) is 26.5 Å². The smallest absolute Gasteiger partial charge is 0.246 e. The van der Waals surface area contributed by atoms with Crippen molar-refractivity contribution in [1.29, 1.82) is 0 Å². The Hall–Kier alpha value is -1.98. The van der Waals surface area contributed by atoms with Crippen molar-refractivity contribution in [1.82, 2.24) is 20.2 Å². The second-order valence-corrected chi connectivity index (χ2v) is 5.07. The van der Waals surface area contributed by atoms with Crippen molar-refractivity contribution in [2.75, 3.05) is 0 Å². The van der Waals surface area contributed by atoms with Gasteiger partial charge in [-0.2, -0.15) is 0 Å². The van der Waals surface area contributed by atoms with E-state index in [0.29, 0.717) is 6.54 Å². The molecule has 0 saturated carbocycles. The minimum absolute atomic E-state index is 0.0549. The van der Waals surface area contributed by atoms with Gasteiger partial charge < -0.3 is 10.2 Å². The number of carbonyl (C=O) groups excluding carboxylic acids is 2. The molecule has 1 fully saturated rings. The lowest BCUT2D eigenvalue weighted by molar-refractivity contribution is -0.150. The minimum atomic E-state index is -0.475. The van der Waals surface area contributed by atoms with Crippen LogP contribution in [0.3, 0.4) is 0 Å². The number of hydrogen-bond acceptors (Lipinski definition) is 4. The molecule has 0 spiro atoms. The Morgan fingerprint density at radius 1 is 1.42 bits per heavy atom. The van der Waals surface area contributed by atoms with Crippen molar-refractivity contribution in [3.63, 3.8) is 0 Å². The lowest BCUT2D eigenvalue weighted by atomic mass is 9.98. The van der Waals surface area contributed by atoms with Gasteiger partial charge in [0, 0.05) is 6.20 Å². The van der Waals surface area contributed by atoms with Crippen LogP contribution in [-0.4, -0.2) is 38.8 Å². The molecule has 1 N–H and O–H groups in total. The van der Waals surface area contributed by atoms with E-state index in [1.807, 2.05) is 13.8 Å². The van der Waals surface area contributed by atoms with Gasteiger partial charge in [0.2, 0.25) is 11.8 Å². The second kappa shape index (κ2) is 5.34. The number of nitrogens with zero attached hydrogens (tertiary/aromatic N) is 3. The molecule has 0 bridgehead atoms. The zero-order valence-corrected chi connectivity index (χ0v) is 11.3. The molecule has 1 aliphatic rings. The highest BCUT2D eigenvalue weighted by molar-refractivity contribution is 5.96. The molecule has 2 amide bonds. The number of nitrogens with one attached hydrogen (secondary N) is 1. The maximum Gasteiger partial charge on any atom is 0.246 e. The molecule has 6 heteroatoms. The van der Waals surface area contributed by atoms with Gasteiger partial charge in [0.05, 0.1) is 12.2 Å².